The summed E-state index contributed by atoms with van der Waals surface area (Å²) in [6.07, 6.45) is 0.707. The molecular formula is C27H26ClN3O2. The van der Waals surface area contributed by atoms with Gasteiger partial charge >= 0.3 is 0 Å². The van der Waals surface area contributed by atoms with E-state index in [1.165, 1.54) is 0 Å². The van der Waals surface area contributed by atoms with E-state index >= 15 is 0 Å². The van der Waals surface area contributed by atoms with Crippen molar-refractivity contribution in [2.45, 2.75) is 31.7 Å². The number of Topliss-reactive ketones (excluding diaryl/α,β-unsaturated/α-hetero) is 1. The van der Waals surface area contributed by atoms with Crippen LogP contribution in [0.4, 0.5) is 5.69 Å². The van der Waals surface area contributed by atoms with Crippen molar-refractivity contribution in [2.24, 2.45) is 0 Å². The fraction of sp³-hybridized carbons (Fsp3) is 0.407. The van der Waals surface area contributed by atoms with Crippen LogP contribution in [0.5, 0.6) is 0 Å². The van der Waals surface area contributed by atoms with Gasteiger partial charge in [0.1, 0.15) is 0 Å². The van der Waals surface area contributed by atoms with Gasteiger partial charge in [0, 0.05) is 42.7 Å². The number of carbonyl (C=O) groups is 1. The van der Waals surface area contributed by atoms with Crippen LogP contribution in [0.1, 0.15) is 46.5 Å². The first-order valence-electron chi connectivity index (χ1n) is 11.6. The number of rotatable bonds is 2. The van der Waals surface area contributed by atoms with Gasteiger partial charge in [0.25, 0.3) is 0 Å². The summed E-state index contributed by atoms with van der Waals surface area (Å²) >= 11 is 6.79. The SMILES string of the molecule is CC1(C)C2=C(C(=O)c3cc(Cl)c(N4CCN(C5COC5)CC4)cc31)c1ccc(C#N)cc1C2. The number of allylic oxidation sites excluding steroid dienone is 2. The number of anilines is 1. The minimum Gasteiger partial charge on any atom is -0.378 e. The summed E-state index contributed by atoms with van der Waals surface area (Å²) in [4.78, 5) is 18.5. The Labute approximate surface area is 199 Å². The Balaban J connectivity index is 1.36. The second-order valence-electron chi connectivity index (χ2n) is 10.0. The van der Waals surface area contributed by atoms with Crippen LogP contribution in [0.2, 0.25) is 5.02 Å². The van der Waals surface area contributed by atoms with Gasteiger partial charge in [0.05, 0.1) is 41.6 Å². The number of carbonyl (C=O) groups excluding carboxylic acids is 1. The van der Waals surface area contributed by atoms with Crippen molar-refractivity contribution in [3.05, 3.63) is 68.7 Å². The van der Waals surface area contributed by atoms with Gasteiger partial charge in [-0.2, -0.15) is 5.26 Å². The second-order valence-corrected chi connectivity index (χ2v) is 10.4. The van der Waals surface area contributed by atoms with Gasteiger partial charge in [0.15, 0.2) is 5.78 Å². The number of halogens is 1. The number of fused-ring (bicyclic) bond motifs is 3. The third kappa shape index (κ3) is 3.09. The first-order valence-corrected chi connectivity index (χ1v) is 12.0. The molecule has 0 spiro atoms. The van der Waals surface area contributed by atoms with Gasteiger partial charge in [-0.3, -0.25) is 9.69 Å². The molecule has 2 saturated heterocycles. The monoisotopic (exact) mass is 459 g/mol. The number of benzene rings is 2. The highest BCUT2D eigenvalue weighted by atomic mass is 35.5. The molecule has 2 heterocycles. The van der Waals surface area contributed by atoms with Gasteiger partial charge < -0.3 is 9.64 Å². The number of nitrogens with zero attached hydrogens (tertiary/aromatic N) is 3. The quantitative estimate of drug-likeness (QED) is 0.673. The molecular weight excluding hydrogens is 434 g/mol. The first kappa shape index (κ1) is 20.9. The van der Waals surface area contributed by atoms with Crippen molar-refractivity contribution in [3.63, 3.8) is 0 Å². The van der Waals surface area contributed by atoms with Crippen LogP contribution < -0.4 is 4.90 Å². The predicted molar refractivity (Wildman–Crippen MR) is 129 cm³/mol. The van der Waals surface area contributed by atoms with E-state index in [0.717, 1.165) is 72.9 Å². The number of piperazine rings is 1. The smallest absolute Gasteiger partial charge is 0.194 e. The average Bonchev–Trinajstić information content (AvgIpc) is 3.17. The molecule has 0 saturated carbocycles. The molecule has 0 bridgehead atoms. The Morgan fingerprint density at radius 3 is 2.52 bits per heavy atom. The normalized spacial score (nSPS) is 21.9. The van der Waals surface area contributed by atoms with Crippen molar-refractivity contribution >= 4 is 28.6 Å². The minimum absolute atomic E-state index is 0.0473. The van der Waals surface area contributed by atoms with Crippen molar-refractivity contribution < 1.29 is 9.53 Å². The van der Waals surface area contributed by atoms with Gasteiger partial charge in [0.2, 0.25) is 0 Å². The van der Waals surface area contributed by atoms with E-state index in [-0.39, 0.29) is 11.2 Å². The molecule has 2 aromatic carbocycles. The zero-order valence-corrected chi connectivity index (χ0v) is 19.7. The summed E-state index contributed by atoms with van der Waals surface area (Å²) in [5.74, 6) is 0.0473. The fourth-order valence-electron chi connectivity index (χ4n) is 5.86. The molecule has 168 valence electrons. The molecule has 4 aliphatic rings. The molecule has 2 aliphatic heterocycles. The largest absolute Gasteiger partial charge is 0.378 e. The van der Waals surface area contributed by atoms with Crippen LogP contribution in [0.25, 0.3) is 5.57 Å². The molecule has 2 aromatic rings. The van der Waals surface area contributed by atoms with Crippen LogP contribution in [-0.2, 0) is 16.6 Å². The summed E-state index contributed by atoms with van der Waals surface area (Å²) < 4.78 is 5.36. The highest BCUT2D eigenvalue weighted by molar-refractivity contribution is 6.36. The molecule has 6 rings (SSSR count). The van der Waals surface area contributed by atoms with Crippen LogP contribution in [-0.4, -0.2) is 56.1 Å². The molecule has 0 radical (unpaired) electrons. The molecule has 2 fully saturated rings. The lowest BCUT2D eigenvalue weighted by atomic mass is 9.68. The van der Waals surface area contributed by atoms with E-state index in [0.29, 0.717) is 28.6 Å². The Hall–Kier alpha value is -2.65. The predicted octanol–water partition coefficient (Wildman–Crippen LogP) is 4.22. The van der Waals surface area contributed by atoms with Crippen molar-refractivity contribution in [3.8, 4) is 6.07 Å². The van der Waals surface area contributed by atoms with Gasteiger partial charge in [-0.1, -0.05) is 31.5 Å². The summed E-state index contributed by atoms with van der Waals surface area (Å²) in [5.41, 5.74) is 7.08. The summed E-state index contributed by atoms with van der Waals surface area (Å²) in [6.45, 7) is 9.91. The van der Waals surface area contributed by atoms with Crippen LogP contribution in [0, 0.1) is 11.3 Å². The maximum absolute atomic E-state index is 13.7. The van der Waals surface area contributed by atoms with E-state index < -0.39 is 0 Å². The van der Waals surface area contributed by atoms with E-state index in [9.17, 15) is 10.1 Å². The third-order valence-corrected chi connectivity index (χ3v) is 8.25. The van der Waals surface area contributed by atoms with Gasteiger partial charge in [-0.25, -0.2) is 0 Å². The Kier molecular flexibility index (Phi) is 4.71. The van der Waals surface area contributed by atoms with Gasteiger partial charge in [-0.05, 0) is 52.9 Å². The Bertz CT molecular complexity index is 1260. The van der Waals surface area contributed by atoms with Crippen LogP contribution in [0.15, 0.2) is 35.9 Å². The molecule has 2 aliphatic carbocycles. The summed E-state index contributed by atoms with van der Waals surface area (Å²) in [7, 11) is 0. The lowest BCUT2D eigenvalue weighted by molar-refractivity contribution is -0.0660. The molecule has 33 heavy (non-hydrogen) atoms. The second kappa shape index (κ2) is 7.43. The minimum atomic E-state index is -0.297. The van der Waals surface area contributed by atoms with E-state index in [1.807, 2.05) is 18.2 Å². The maximum Gasteiger partial charge on any atom is 0.194 e. The molecule has 0 N–H and O–H groups in total. The van der Waals surface area contributed by atoms with Crippen LogP contribution in [0.3, 0.4) is 0 Å². The fourth-order valence-corrected chi connectivity index (χ4v) is 6.14. The third-order valence-electron chi connectivity index (χ3n) is 7.95. The van der Waals surface area contributed by atoms with Crippen molar-refractivity contribution in [1.29, 1.82) is 5.26 Å². The van der Waals surface area contributed by atoms with E-state index in [2.05, 4.69) is 35.8 Å². The molecule has 0 amide bonds. The lowest BCUT2D eigenvalue weighted by Gasteiger charge is -2.44. The Morgan fingerprint density at radius 1 is 1.09 bits per heavy atom. The maximum atomic E-state index is 13.7. The topological polar surface area (TPSA) is 56.6 Å². The molecule has 5 nitrogen and oxygen atoms in total. The average molecular weight is 460 g/mol. The Morgan fingerprint density at radius 2 is 1.85 bits per heavy atom. The number of hydrogen-bond acceptors (Lipinski definition) is 5. The number of ketones is 1. The lowest BCUT2D eigenvalue weighted by Crippen LogP contribution is -2.56. The molecule has 0 aromatic heterocycles. The highest BCUT2D eigenvalue weighted by Crippen LogP contribution is 2.51. The van der Waals surface area contributed by atoms with E-state index in [1.54, 1.807) is 6.07 Å². The van der Waals surface area contributed by atoms with Crippen molar-refractivity contribution in [1.82, 2.24) is 4.90 Å². The zero-order chi connectivity index (χ0) is 22.9. The molecule has 0 atom stereocenters. The summed E-state index contributed by atoms with van der Waals surface area (Å²) in [6, 6.07) is 12.5. The first-order chi connectivity index (χ1) is 15.9. The standard InChI is InChI=1S/C27H26ClN3O2/c1-27(2)21-12-24(31-7-5-30(6-8-31)18-14-33-15-18)23(28)11-20(21)26(32)25-19-4-3-16(13-29)9-17(19)10-22(25)27/h3-4,9,11-12,18H,5-8,10,14-15H2,1-2H3. The highest BCUT2D eigenvalue weighted by Gasteiger charge is 2.43. The van der Waals surface area contributed by atoms with Crippen molar-refractivity contribution in [2.75, 3.05) is 44.3 Å². The summed E-state index contributed by atoms with van der Waals surface area (Å²) in [5, 5.41) is 9.95. The zero-order valence-electron chi connectivity index (χ0n) is 18.9. The molecule has 6 heteroatoms. The number of hydrogen-bond donors (Lipinski definition) is 0. The van der Waals surface area contributed by atoms with Crippen LogP contribution >= 0.6 is 11.6 Å². The molecule has 0 unspecified atom stereocenters. The number of nitriles is 1. The van der Waals surface area contributed by atoms with E-state index in [4.69, 9.17) is 16.3 Å². The number of ether oxygens (including phenoxy) is 1. The van der Waals surface area contributed by atoms with Gasteiger partial charge in [-0.15, -0.1) is 0 Å².